The lowest BCUT2D eigenvalue weighted by Gasteiger charge is -2.25. The molecule has 0 saturated heterocycles. The number of hydrogen-bond donors (Lipinski definition) is 1. The molecular formula is C13H17N3S. The molecule has 17 heavy (non-hydrogen) atoms. The van der Waals surface area contributed by atoms with Gasteiger partial charge in [-0.25, -0.2) is 4.98 Å². The number of nitrogen functional groups attached to an aromatic ring is 1. The second-order valence-corrected chi connectivity index (χ2v) is 5.18. The van der Waals surface area contributed by atoms with Gasteiger partial charge in [-0.05, 0) is 36.9 Å². The normalized spacial score (nSPS) is 12.4. The quantitative estimate of drug-likeness (QED) is 0.905. The summed E-state index contributed by atoms with van der Waals surface area (Å²) in [5.41, 5.74) is 7.59. The number of hydrogen-bond acceptors (Lipinski definition) is 4. The zero-order chi connectivity index (χ0) is 12.4. The van der Waals surface area contributed by atoms with Crippen LogP contribution in [-0.2, 0) is 0 Å². The first-order valence-electron chi connectivity index (χ1n) is 5.58. The number of aryl methyl sites for hydroxylation is 1. The molecule has 4 heteroatoms. The Labute approximate surface area is 106 Å². The largest absolute Gasteiger partial charge is 0.397 e. The number of aromatic nitrogens is 1. The summed E-state index contributed by atoms with van der Waals surface area (Å²) in [6, 6.07) is 6.58. The van der Waals surface area contributed by atoms with E-state index in [4.69, 9.17) is 5.73 Å². The van der Waals surface area contributed by atoms with Gasteiger partial charge in [0.2, 0.25) is 0 Å². The molecule has 3 nitrogen and oxygen atoms in total. The number of nitrogens with two attached hydrogens (primary N) is 1. The highest BCUT2D eigenvalue weighted by molar-refractivity contribution is 7.10. The number of rotatable bonds is 3. The van der Waals surface area contributed by atoms with Crippen molar-refractivity contribution in [3.8, 4) is 0 Å². The third-order valence-corrected chi connectivity index (χ3v) is 4.08. The molecule has 0 aromatic carbocycles. The highest BCUT2D eigenvalue weighted by Gasteiger charge is 2.14. The first-order valence-corrected chi connectivity index (χ1v) is 6.46. The minimum Gasteiger partial charge on any atom is -0.397 e. The summed E-state index contributed by atoms with van der Waals surface area (Å²) in [6.07, 6.45) is 1.72. The van der Waals surface area contributed by atoms with Crippen molar-refractivity contribution < 1.29 is 0 Å². The van der Waals surface area contributed by atoms with E-state index in [-0.39, 0.29) is 0 Å². The minimum absolute atomic E-state index is 0.325. The average molecular weight is 247 g/mol. The summed E-state index contributed by atoms with van der Waals surface area (Å²) in [7, 11) is 2.06. The lowest BCUT2D eigenvalue weighted by molar-refractivity contribution is 0.742. The zero-order valence-electron chi connectivity index (χ0n) is 10.3. The Morgan fingerprint density at radius 2 is 2.24 bits per heavy atom. The third-order valence-electron chi connectivity index (χ3n) is 3.03. The van der Waals surface area contributed by atoms with E-state index in [1.165, 1.54) is 4.88 Å². The fraction of sp³-hybridized carbons (Fsp3) is 0.308. The molecule has 1 atom stereocenters. The van der Waals surface area contributed by atoms with E-state index in [2.05, 4.69) is 41.4 Å². The summed E-state index contributed by atoms with van der Waals surface area (Å²) in [5.74, 6) is 0.956. The SMILES string of the molecule is Cc1cc(N(C)C(C)c2cccs2)ncc1N. The topological polar surface area (TPSA) is 42.2 Å². The lowest BCUT2D eigenvalue weighted by Crippen LogP contribution is -2.22. The van der Waals surface area contributed by atoms with Crippen molar-refractivity contribution in [1.82, 2.24) is 4.98 Å². The van der Waals surface area contributed by atoms with Gasteiger partial charge < -0.3 is 10.6 Å². The smallest absolute Gasteiger partial charge is 0.129 e. The van der Waals surface area contributed by atoms with Crippen LogP contribution < -0.4 is 10.6 Å². The molecule has 0 bridgehead atoms. The molecule has 90 valence electrons. The maximum Gasteiger partial charge on any atom is 0.129 e. The highest BCUT2D eigenvalue weighted by atomic mass is 32.1. The van der Waals surface area contributed by atoms with Crippen molar-refractivity contribution in [2.45, 2.75) is 19.9 Å². The number of nitrogens with zero attached hydrogens (tertiary/aromatic N) is 2. The van der Waals surface area contributed by atoms with Gasteiger partial charge in [0.25, 0.3) is 0 Å². The lowest BCUT2D eigenvalue weighted by atomic mass is 10.2. The van der Waals surface area contributed by atoms with Crippen molar-refractivity contribution in [1.29, 1.82) is 0 Å². The highest BCUT2D eigenvalue weighted by Crippen LogP contribution is 2.27. The van der Waals surface area contributed by atoms with Crippen LogP contribution in [0.5, 0.6) is 0 Å². The molecule has 2 N–H and O–H groups in total. The molecule has 1 unspecified atom stereocenters. The monoisotopic (exact) mass is 247 g/mol. The molecule has 0 spiro atoms. The number of anilines is 2. The van der Waals surface area contributed by atoms with E-state index in [1.807, 2.05) is 13.0 Å². The second kappa shape index (κ2) is 4.75. The Morgan fingerprint density at radius 3 is 2.82 bits per heavy atom. The molecule has 2 aromatic heterocycles. The van der Waals surface area contributed by atoms with Gasteiger partial charge in [0.05, 0.1) is 17.9 Å². The van der Waals surface area contributed by atoms with Gasteiger partial charge in [0, 0.05) is 11.9 Å². The van der Waals surface area contributed by atoms with Gasteiger partial charge in [-0.15, -0.1) is 11.3 Å². The maximum absolute atomic E-state index is 5.78. The Hall–Kier alpha value is -1.55. The van der Waals surface area contributed by atoms with Gasteiger partial charge in [-0.2, -0.15) is 0 Å². The van der Waals surface area contributed by atoms with Gasteiger partial charge >= 0.3 is 0 Å². The Morgan fingerprint density at radius 1 is 1.47 bits per heavy atom. The van der Waals surface area contributed by atoms with Gasteiger partial charge in [-0.3, -0.25) is 0 Å². The summed E-state index contributed by atoms with van der Waals surface area (Å²) < 4.78 is 0. The van der Waals surface area contributed by atoms with Crippen LogP contribution in [0.2, 0.25) is 0 Å². The van der Waals surface area contributed by atoms with E-state index in [0.29, 0.717) is 6.04 Å². The molecular weight excluding hydrogens is 230 g/mol. The molecule has 0 radical (unpaired) electrons. The van der Waals surface area contributed by atoms with Crippen LogP contribution in [0.4, 0.5) is 11.5 Å². The van der Waals surface area contributed by atoms with Crippen LogP contribution >= 0.6 is 11.3 Å². The fourth-order valence-corrected chi connectivity index (χ4v) is 2.49. The zero-order valence-corrected chi connectivity index (χ0v) is 11.2. The number of pyridine rings is 1. The van der Waals surface area contributed by atoms with E-state index in [0.717, 1.165) is 17.1 Å². The molecule has 0 aliphatic rings. The Balaban J connectivity index is 2.24. The van der Waals surface area contributed by atoms with Crippen LogP contribution in [0, 0.1) is 6.92 Å². The minimum atomic E-state index is 0.325. The van der Waals surface area contributed by atoms with Crippen molar-refractivity contribution in [2.75, 3.05) is 17.7 Å². The van der Waals surface area contributed by atoms with Gasteiger partial charge in [0.15, 0.2) is 0 Å². The number of thiophene rings is 1. The molecule has 2 rings (SSSR count). The van der Waals surface area contributed by atoms with E-state index in [9.17, 15) is 0 Å². The molecule has 0 aliphatic carbocycles. The maximum atomic E-state index is 5.78. The van der Waals surface area contributed by atoms with Crippen molar-refractivity contribution >= 4 is 22.8 Å². The second-order valence-electron chi connectivity index (χ2n) is 4.20. The van der Waals surface area contributed by atoms with E-state index >= 15 is 0 Å². The Kier molecular flexibility index (Phi) is 3.33. The van der Waals surface area contributed by atoms with E-state index < -0.39 is 0 Å². The van der Waals surface area contributed by atoms with Gasteiger partial charge in [-0.1, -0.05) is 6.07 Å². The molecule has 2 heterocycles. The van der Waals surface area contributed by atoms with Crippen LogP contribution in [0.3, 0.4) is 0 Å². The van der Waals surface area contributed by atoms with E-state index in [1.54, 1.807) is 17.5 Å². The molecule has 2 aromatic rings. The first-order chi connectivity index (χ1) is 8.09. The summed E-state index contributed by atoms with van der Waals surface area (Å²) in [5, 5.41) is 2.10. The molecule has 0 fully saturated rings. The van der Waals surface area contributed by atoms with Crippen LogP contribution in [-0.4, -0.2) is 12.0 Å². The van der Waals surface area contributed by atoms with Crippen LogP contribution in [0.1, 0.15) is 23.4 Å². The Bertz CT molecular complexity index is 493. The van der Waals surface area contributed by atoms with Crippen molar-refractivity contribution in [2.24, 2.45) is 0 Å². The third kappa shape index (κ3) is 2.42. The molecule has 0 amide bonds. The fourth-order valence-electron chi connectivity index (χ4n) is 1.66. The standard InChI is InChI=1S/C13H17N3S/c1-9-7-13(15-8-11(9)14)16(3)10(2)12-5-4-6-17-12/h4-8,10H,14H2,1-3H3. The predicted molar refractivity (Wildman–Crippen MR) is 74.5 cm³/mol. The van der Waals surface area contributed by atoms with Crippen LogP contribution in [0.15, 0.2) is 29.8 Å². The van der Waals surface area contributed by atoms with Crippen LogP contribution in [0.25, 0.3) is 0 Å². The van der Waals surface area contributed by atoms with Crippen molar-refractivity contribution in [3.63, 3.8) is 0 Å². The summed E-state index contributed by atoms with van der Waals surface area (Å²) >= 11 is 1.77. The first kappa shape index (κ1) is 11.9. The van der Waals surface area contributed by atoms with Gasteiger partial charge in [0.1, 0.15) is 5.82 Å². The molecule has 0 saturated carbocycles. The summed E-state index contributed by atoms with van der Waals surface area (Å²) in [4.78, 5) is 7.88. The molecule has 0 aliphatic heterocycles. The predicted octanol–water partition coefficient (Wildman–Crippen LogP) is 3.23. The average Bonchev–Trinajstić information content (AvgIpc) is 2.84. The summed E-state index contributed by atoms with van der Waals surface area (Å²) in [6.45, 7) is 4.18. The van der Waals surface area contributed by atoms with Crippen molar-refractivity contribution in [3.05, 3.63) is 40.2 Å².